The van der Waals surface area contributed by atoms with Gasteiger partial charge in [-0.15, -0.1) is 0 Å². The van der Waals surface area contributed by atoms with Gasteiger partial charge in [0.1, 0.15) is 0 Å². The molecule has 2 nitrogen and oxygen atoms in total. The molecule has 1 unspecified atom stereocenters. The van der Waals surface area contributed by atoms with Crippen LogP contribution in [0.3, 0.4) is 0 Å². The predicted molar refractivity (Wildman–Crippen MR) is 57.0 cm³/mol. The molecule has 14 heavy (non-hydrogen) atoms. The molecular weight excluding hydrogens is 176 g/mol. The van der Waals surface area contributed by atoms with Crippen LogP contribution in [0.5, 0.6) is 0 Å². The summed E-state index contributed by atoms with van der Waals surface area (Å²) >= 11 is 0. The van der Waals surface area contributed by atoms with E-state index >= 15 is 0 Å². The van der Waals surface area contributed by atoms with Gasteiger partial charge >= 0.3 is 5.97 Å². The highest BCUT2D eigenvalue weighted by Crippen LogP contribution is 2.18. The molecule has 80 valence electrons. The molecule has 0 N–H and O–H groups in total. The molecular formula is C12H20O2. The molecule has 0 amide bonds. The molecule has 0 bridgehead atoms. The summed E-state index contributed by atoms with van der Waals surface area (Å²) in [5, 5.41) is 0. The zero-order valence-electron chi connectivity index (χ0n) is 9.00. The van der Waals surface area contributed by atoms with Gasteiger partial charge in [-0.05, 0) is 25.7 Å². The van der Waals surface area contributed by atoms with Crippen molar-refractivity contribution in [1.29, 1.82) is 0 Å². The minimum Gasteiger partial charge on any atom is -0.448 e. The van der Waals surface area contributed by atoms with Crippen LogP contribution in [0.2, 0.25) is 0 Å². The minimum absolute atomic E-state index is 0.0265. The highest BCUT2D eigenvalue weighted by atomic mass is 16.6. The summed E-state index contributed by atoms with van der Waals surface area (Å²) in [7, 11) is 0. The van der Waals surface area contributed by atoms with Crippen LogP contribution in [0.4, 0.5) is 0 Å². The Morgan fingerprint density at radius 2 is 1.93 bits per heavy atom. The van der Waals surface area contributed by atoms with E-state index in [2.05, 4.69) is 19.1 Å². The quantitative estimate of drug-likeness (QED) is 0.339. The van der Waals surface area contributed by atoms with E-state index in [-0.39, 0.29) is 12.1 Å². The van der Waals surface area contributed by atoms with Gasteiger partial charge in [-0.25, -0.2) is 4.79 Å². The number of cyclic esters (lactones) is 1. The average molecular weight is 196 g/mol. The lowest BCUT2D eigenvalue weighted by Gasteiger charge is -1.93. The second-order valence-electron chi connectivity index (χ2n) is 3.82. The third-order valence-corrected chi connectivity index (χ3v) is 2.45. The van der Waals surface area contributed by atoms with Crippen LogP contribution in [-0.2, 0) is 9.53 Å². The van der Waals surface area contributed by atoms with Crippen molar-refractivity contribution in [2.75, 3.05) is 0 Å². The molecule has 1 rings (SSSR count). The maximum Gasteiger partial charge on any atom is 0.348 e. The largest absolute Gasteiger partial charge is 0.448 e. The first-order valence-corrected chi connectivity index (χ1v) is 5.70. The van der Waals surface area contributed by atoms with Crippen molar-refractivity contribution in [3.05, 3.63) is 12.2 Å². The Balaban J connectivity index is 1.81. The molecule has 0 radical (unpaired) electrons. The third kappa shape index (κ3) is 5.05. The third-order valence-electron chi connectivity index (χ3n) is 2.45. The number of carbonyl (C=O) groups is 1. The Bertz CT molecular complexity index is 196. The van der Waals surface area contributed by atoms with Crippen LogP contribution in [0, 0.1) is 0 Å². The summed E-state index contributed by atoms with van der Waals surface area (Å²) in [5.74, 6) is -0.0265. The van der Waals surface area contributed by atoms with Gasteiger partial charge in [0.25, 0.3) is 0 Å². The van der Waals surface area contributed by atoms with E-state index in [1.807, 2.05) is 0 Å². The second-order valence-corrected chi connectivity index (χ2v) is 3.82. The number of allylic oxidation sites excluding steroid dienone is 2. The van der Waals surface area contributed by atoms with Crippen LogP contribution in [0.1, 0.15) is 51.9 Å². The normalized spacial score (nSPS) is 20.1. The standard InChI is InChI=1S/C12H20O2/c1-2-3-4-5-6-7-8-9-10-11-12(13)14-11/h7-8,11H,2-6,9-10H2,1H3. The van der Waals surface area contributed by atoms with Crippen LogP contribution in [-0.4, -0.2) is 12.1 Å². The van der Waals surface area contributed by atoms with Crippen LogP contribution in [0.15, 0.2) is 12.2 Å². The smallest absolute Gasteiger partial charge is 0.348 e. The van der Waals surface area contributed by atoms with Gasteiger partial charge in [0.2, 0.25) is 0 Å². The molecule has 1 atom stereocenters. The highest BCUT2D eigenvalue weighted by Gasteiger charge is 2.36. The first kappa shape index (κ1) is 11.3. The maximum absolute atomic E-state index is 10.5. The Morgan fingerprint density at radius 1 is 1.21 bits per heavy atom. The second kappa shape index (κ2) is 6.63. The summed E-state index contributed by atoms with van der Waals surface area (Å²) in [6.07, 6.45) is 12.6. The van der Waals surface area contributed by atoms with E-state index in [0.29, 0.717) is 0 Å². The van der Waals surface area contributed by atoms with Crippen molar-refractivity contribution < 1.29 is 9.53 Å². The van der Waals surface area contributed by atoms with Crippen LogP contribution >= 0.6 is 0 Å². The summed E-state index contributed by atoms with van der Waals surface area (Å²) in [5.41, 5.74) is 0. The molecule has 1 saturated heterocycles. The van der Waals surface area contributed by atoms with Crippen molar-refractivity contribution >= 4 is 5.97 Å². The molecule has 2 heteroatoms. The fraction of sp³-hybridized carbons (Fsp3) is 0.750. The van der Waals surface area contributed by atoms with E-state index < -0.39 is 0 Å². The van der Waals surface area contributed by atoms with Crippen molar-refractivity contribution in [1.82, 2.24) is 0 Å². The number of hydrogen-bond acceptors (Lipinski definition) is 2. The van der Waals surface area contributed by atoms with E-state index in [1.54, 1.807) is 0 Å². The van der Waals surface area contributed by atoms with E-state index in [1.165, 1.54) is 32.1 Å². The summed E-state index contributed by atoms with van der Waals surface area (Å²) in [4.78, 5) is 10.5. The number of rotatable bonds is 8. The fourth-order valence-corrected chi connectivity index (χ4v) is 1.46. The lowest BCUT2D eigenvalue weighted by Crippen LogP contribution is -1.84. The van der Waals surface area contributed by atoms with Gasteiger partial charge in [-0.1, -0.05) is 38.3 Å². The number of hydrogen-bond donors (Lipinski definition) is 0. The molecule has 1 heterocycles. The monoisotopic (exact) mass is 196 g/mol. The molecule has 1 aliphatic heterocycles. The first-order valence-electron chi connectivity index (χ1n) is 5.70. The average Bonchev–Trinajstić information content (AvgIpc) is 2.87. The Kier molecular flexibility index (Phi) is 5.35. The van der Waals surface area contributed by atoms with E-state index in [9.17, 15) is 4.79 Å². The van der Waals surface area contributed by atoms with Crippen molar-refractivity contribution in [3.63, 3.8) is 0 Å². The zero-order valence-corrected chi connectivity index (χ0v) is 9.00. The van der Waals surface area contributed by atoms with Crippen molar-refractivity contribution in [2.45, 2.75) is 58.0 Å². The molecule has 0 saturated carbocycles. The van der Waals surface area contributed by atoms with Crippen LogP contribution < -0.4 is 0 Å². The van der Waals surface area contributed by atoms with Gasteiger partial charge in [0.15, 0.2) is 6.10 Å². The molecule has 0 aromatic rings. The van der Waals surface area contributed by atoms with Gasteiger partial charge in [0, 0.05) is 0 Å². The molecule has 0 aromatic carbocycles. The molecule has 1 fully saturated rings. The summed E-state index contributed by atoms with van der Waals surface area (Å²) in [6.45, 7) is 2.22. The predicted octanol–water partition coefficient (Wildman–Crippen LogP) is 3.22. The first-order chi connectivity index (χ1) is 6.84. The molecule has 0 aliphatic carbocycles. The summed E-state index contributed by atoms with van der Waals surface area (Å²) in [6, 6.07) is 0. The van der Waals surface area contributed by atoms with E-state index in [4.69, 9.17) is 4.74 Å². The van der Waals surface area contributed by atoms with Gasteiger partial charge in [-0.2, -0.15) is 0 Å². The lowest BCUT2D eigenvalue weighted by molar-refractivity contribution is -0.117. The van der Waals surface area contributed by atoms with Crippen molar-refractivity contribution in [3.8, 4) is 0 Å². The lowest BCUT2D eigenvalue weighted by atomic mass is 10.1. The SMILES string of the molecule is CCCCCCC=CCCC1OC1=O. The summed E-state index contributed by atoms with van der Waals surface area (Å²) < 4.78 is 4.70. The van der Waals surface area contributed by atoms with E-state index in [0.717, 1.165) is 12.8 Å². The number of ether oxygens (including phenoxy) is 1. The maximum atomic E-state index is 10.5. The Labute approximate surface area is 86.3 Å². The molecule has 0 spiro atoms. The Morgan fingerprint density at radius 3 is 2.57 bits per heavy atom. The van der Waals surface area contributed by atoms with Crippen LogP contribution in [0.25, 0.3) is 0 Å². The molecule has 0 aromatic heterocycles. The van der Waals surface area contributed by atoms with Crippen molar-refractivity contribution in [2.24, 2.45) is 0 Å². The zero-order chi connectivity index (χ0) is 10.2. The number of carbonyl (C=O) groups excluding carboxylic acids is 1. The number of epoxide rings is 1. The molecule has 1 aliphatic rings. The van der Waals surface area contributed by atoms with Gasteiger partial charge in [0.05, 0.1) is 0 Å². The van der Waals surface area contributed by atoms with Gasteiger partial charge < -0.3 is 4.74 Å². The fourth-order valence-electron chi connectivity index (χ4n) is 1.46. The number of unbranched alkanes of at least 4 members (excludes halogenated alkanes) is 4. The van der Waals surface area contributed by atoms with Gasteiger partial charge in [-0.3, -0.25) is 0 Å². The minimum atomic E-state index is -0.0697. The highest BCUT2D eigenvalue weighted by molar-refractivity contribution is 5.87. The Hall–Kier alpha value is -0.790. The topological polar surface area (TPSA) is 29.6 Å².